The van der Waals surface area contributed by atoms with Crippen molar-refractivity contribution in [1.29, 1.82) is 0 Å². The van der Waals surface area contributed by atoms with E-state index in [9.17, 15) is 13.2 Å². The number of rotatable bonds is 11. The van der Waals surface area contributed by atoms with E-state index in [-0.39, 0.29) is 12.5 Å². The second-order valence-corrected chi connectivity index (χ2v) is 11.7. The fraction of sp³-hybridized carbons (Fsp3) is 0.542. The van der Waals surface area contributed by atoms with E-state index in [1.54, 1.807) is 47.8 Å². The molecular formula is C24H35N3O4S2. The predicted octanol–water partition coefficient (Wildman–Crippen LogP) is 4.01. The summed E-state index contributed by atoms with van der Waals surface area (Å²) < 4.78 is 33.5. The molecule has 0 bridgehead atoms. The molecule has 1 aliphatic rings. The molecule has 3 rings (SSSR count). The number of methoxy groups -OCH3 is 1. The molecule has 0 spiro atoms. The van der Waals surface area contributed by atoms with E-state index in [4.69, 9.17) is 4.74 Å². The summed E-state index contributed by atoms with van der Waals surface area (Å²) in [5.41, 5.74) is 0.501. The van der Waals surface area contributed by atoms with Crippen molar-refractivity contribution in [3.05, 3.63) is 46.8 Å². The van der Waals surface area contributed by atoms with Crippen LogP contribution in [0.2, 0.25) is 0 Å². The molecule has 1 saturated heterocycles. The Balaban J connectivity index is 1.54. The van der Waals surface area contributed by atoms with Crippen molar-refractivity contribution in [3.8, 4) is 5.75 Å². The van der Waals surface area contributed by atoms with Gasteiger partial charge in [-0.2, -0.15) is 4.31 Å². The summed E-state index contributed by atoms with van der Waals surface area (Å²) in [5, 5.41) is 6.45. The zero-order chi connectivity index (χ0) is 23.7. The first-order valence-electron chi connectivity index (χ1n) is 11.7. The summed E-state index contributed by atoms with van der Waals surface area (Å²) in [5.74, 6) is 0.389. The van der Waals surface area contributed by atoms with Gasteiger partial charge in [0.05, 0.1) is 13.7 Å². The summed E-state index contributed by atoms with van der Waals surface area (Å²) >= 11 is 1.22. The molecule has 9 heteroatoms. The zero-order valence-corrected chi connectivity index (χ0v) is 21.1. The second-order valence-electron chi connectivity index (χ2n) is 8.33. The molecule has 182 valence electrons. The molecule has 1 amide bonds. The molecule has 1 aliphatic heterocycles. The Morgan fingerprint density at radius 1 is 1.18 bits per heavy atom. The smallest absolute Gasteiger partial charge is 0.252 e. The summed E-state index contributed by atoms with van der Waals surface area (Å²) in [4.78, 5) is 13.2. The van der Waals surface area contributed by atoms with Crippen LogP contribution >= 0.6 is 11.3 Å². The number of thiophene rings is 1. The first-order valence-corrected chi connectivity index (χ1v) is 13.9. The summed E-state index contributed by atoms with van der Waals surface area (Å²) in [6, 6.07) is 10.7. The fourth-order valence-electron chi connectivity index (χ4n) is 3.95. The highest BCUT2D eigenvalue weighted by molar-refractivity contribution is 7.91. The van der Waals surface area contributed by atoms with Gasteiger partial charge in [-0.1, -0.05) is 25.8 Å². The van der Waals surface area contributed by atoms with Gasteiger partial charge in [-0.15, -0.1) is 11.3 Å². The lowest BCUT2D eigenvalue weighted by Crippen LogP contribution is -2.34. The molecule has 1 fully saturated rings. The Labute approximate surface area is 201 Å². The summed E-state index contributed by atoms with van der Waals surface area (Å²) in [6.45, 7) is 4.56. The average Bonchev–Trinajstić information content (AvgIpc) is 3.19. The third kappa shape index (κ3) is 7.27. The highest BCUT2D eigenvalue weighted by Crippen LogP contribution is 2.27. The number of carbonyl (C=O) groups excluding carboxylic acids is 1. The maximum atomic E-state index is 13.2. The monoisotopic (exact) mass is 493 g/mol. The van der Waals surface area contributed by atoms with Crippen LogP contribution < -0.4 is 15.4 Å². The lowest BCUT2D eigenvalue weighted by molar-refractivity contribution is 0.0951. The number of benzene rings is 1. The van der Waals surface area contributed by atoms with Crippen molar-refractivity contribution in [3.63, 3.8) is 0 Å². The normalized spacial score (nSPS) is 17.5. The lowest BCUT2D eigenvalue weighted by atomic mass is 10.1. The Morgan fingerprint density at radius 3 is 2.82 bits per heavy atom. The number of sulfonamides is 1. The number of unbranched alkanes of at least 4 members (excludes halogenated alkanes) is 2. The Bertz CT molecular complexity index is 1010. The lowest BCUT2D eigenvalue weighted by Gasteiger charge is -2.19. The maximum Gasteiger partial charge on any atom is 0.252 e. The predicted molar refractivity (Wildman–Crippen MR) is 132 cm³/mol. The molecule has 1 unspecified atom stereocenters. The van der Waals surface area contributed by atoms with Gasteiger partial charge in [0.15, 0.2) is 0 Å². The molecule has 2 aromatic rings. The molecule has 0 aliphatic carbocycles. The van der Waals surface area contributed by atoms with Crippen LogP contribution in [0.3, 0.4) is 0 Å². The summed E-state index contributed by atoms with van der Waals surface area (Å²) in [6.07, 6.45) is 6.29. The minimum absolute atomic E-state index is 0.225. The van der Waals surface area contributed by atoms with Crippen LogP contribution in [0, 0.1) is 0 Å². The maximum absolute atomic E-state index is 13.2. The van der Waals surface area contributed by atoms with E-state index in [2.05, 4.69) is 17.6 Å². The second kappa shape index (κ2) is 12.5. The molecule has 2 heterocycles. The van der Waals surface area contributed by atoms with E-state index >= 15 is 0 Å². The fourth-order valence-corrected chi connectivity index (χ4v) is 6.89. The largest absolute Gasteiger partial charge is 0.497 e. The van der Waals surface area contributed by atoms with Crippen LogP contribution in [0.15, 0.2) is 40.6 Å². The van der Waals surface area contributed by atoms with Crippen molar-refractivity contribution >= 4 is 27.3 Å². The SMILES string of the molecule is CCCCCNC1CCCN(S(=O)(=O)c2ccc(CNC(=O)c3cccc(OC)c3)s2)CC1. The first-order chi connectivity index (χ1) is 15.9. The van der Waals surface area contributed by atoms with Crippen molar-refractivity contribution in [2.75, 3.05) is 26.7 Å². The zero-order valence-electron chi connectivity index (χ0n) is 19.5. The van der Waals surface area contributed by atoms with Crippen LogP contribution in [0.5, 0.6) is 5.75 Å². The van der Waals surface area contributed by atoms with Crippen molar-refractivity contribution in [1.82, 2.24) is 14.9 Å². The highest BCUT2D eigenvalue weighted by atomic mass is 32.2. The molecule has 2 N–H and O–H groups in total. The molecule has 1 aromatic carbocycles. The summed E-state index contributed by atoms with van der Waals surface area (Å²) in [7, 11) is -1.97. The number of nitrogens with zero attached hydrogens (tertiary/aromatic N) is 1. The van der Waals surface area contributed by atoms with Crippen molar-refractivity contribution < 1.29 is 17.9 Å². The Kier molecular flexibility index (Phi) is 9.73. The van der Waals surface area contributed by atoms with Crippen LogP contribution in [-0.2, 0) is 16.6 Å². The van der Waals surface area contributed by atoms with Gasteiger partial charge in [0, 0.05) is 29.6 Å². The third-order valence-corrected chi connectivity index (χ3v) is 9.34. The topological polar surface area (TPSA) is 87.7 Å². The van der Waals surface area contributed by atoms with Gasteiger partial charge in [-0.3, -0.25) is 4.79 Å². The van der Waals surface area contributed by atoms with E-state index in [0.717, 1.165) is 30.7 Å². The molecular weight excluding hydrogens is 458 g/mol. The van der Waals surface area contributed by atoms with Crippen molar-refractivity contribution in [2.45, 2.75) is 62.2 Å². The third-order valence-electron chi connectivity index (χ3n) is 5.89. The molecule has 7 nitrogen and oxygen atoms in total. The molecule has 33 heavy (non-hydrogen) atoms. The van der Waals surface area contributed by atoms with Crippen LogP contribution in [0.1, 0.15) is 60.7 Å². The first kappa shape index (κ1) is 25.7. The number of hydrogen-bond donors (Lipinski definition) is 2. The molecule has 1 atom stereocenters. The number of nitrogens with one attached hydrogen (secondary N) is 2. The standard InChI is InChI=1S/C24H35N3O4S2/c1-3-4-5-14-25-20-9-7-15-27(16-13-20)33(29,30)23-12-11-22(32-23)18-26-24(28)19-8-6-10-21(17-19)31-2/h6,8,10-12,17,20,25H,3-5,7,9,13-16,18H2,1-2H3,(H,26,28). The van der Waals surface area contributed by atoms with Gasteiger partial charge in [0.2, 0.25) is 0 Å². The number of carbonyl (C=O) groups is 1. The van der Waals surface area contributed by atoms with Gasteiger partial charge in [-0.05, 0) is 62.6 Å². The van der Waals surface area contributed by atoms with Gasteiger partial charge < -0.3 is 15.4 Å². The molecule has 1 aromatic heterocycles. The van der Waals surface area contributed by atoms with Gasteiger partial charge in [0.25, 0.3) is 15.9 Å². The number of amides is 1. The van der Waals surface area contributed by atoms with Gasteiger partial charge >= 0.3 is 0 Å². The minimum Gasteiger partial charge on any atom is -0.497 e. The Morgan fingerprint density at radius 2 is 2.03 bits per heavy atom. The molecule has 0 radical (unpaired) electrons. The van der Waals surface area contributed by atoms with Crippen LogP contribution in [0.25, 0.3) is 0 Å². The van der Waals surface area contributed by atoms with E-state index in [1.165, 1.54) is 30.6 Å². The van der Waals surface area contributed by atoms with Gasteiger partial charge in [-0.25, -0.2) is 8.42 Å². The van der Waals surface area contributed by atoms with E-state index < -0.39 is 10.0 Å². The van der Waals surface area contributed by atoms with Crippen LogP contribution in [-0.4, -0.2) is 51.4 Å². The van der Waals surface area contributed by atoms with E-state index in [1.807, 2.05) is 0 Å². The molecule has 0 saturated carbocycles. The van der Waals surface area contributed by atoms with Crippen LogP contribution in [0.4, 0.5) is 0 Å². The van der Waals surface area contributed by atoms with E-state index in [0.29, 0.717) is 34.7 Å². The number of ether oxygens (including phenoxy) is 1. The number of hydrogen-bond acceptors (Lipinski definition) is 6. The van der Waals surface area contributed by atoms with Gasteiger partial charge in [0.1, 0.15) is 9.96 Å². The average molecular weight is 494 g/mol. The van der Waals surface area contributed by atoms with Crippen molar-refractivity contribution in [2.24, 2.45) is 0 Å². The minimum atomic E-state index is -3.52. The quantitative estimate of drug-likeness (QED) is 0.462. The highest BCUT2D eigenvalue weighted by Gasteiger charge is 2.28. The Hall–Kier alpha value is -1.94.